The van der Waals surface area contributed by atoms with Gasteiger partial charge in [-0.05, 0) is 64.2 Å². The van der Waals surface area contributed by atoms with Gasteiger partial charge in [-0.1, -0.05) is 221 Å². The van der Waals surface area contributed by atoms with Gasteiger partial charge in [0.15, 0.2) is 12.4 Å². The van der Waals surface area contributed by atoms with Gasteiger partial charge in [-0.2, -0.15) is 0 Å². The molecular formula is C58H97NO10. The van der Waals surface area contributed by atoms with Crippen molar-refractivity contribution in [3.05, 3.63) is 97.2 Å². The monoisotopic (exact) mass is 968 g/mol. The fourth-order valence-corrected chi connectivity index (χ4v) is 7.78. The first-order valence-corrected chi connectivity index (χ1v) is 27.1. The Balaban J connectivity index is 2.85. The maximum Gasteiger partial charge on any atom is 0.306 e. The Labute approximate surface area is 418 Å². The molecule has 1 rings (SSSR count). The first-order chi connectivity index (χ1) is 33.7. The molecule has 8 atom stereocenters. The summed E-state index contributed by atoms with van der Waals surface area (Å²) in [5.41, 5.74) is 0. The molecule has 11 nitrogen and oxygen atoms in total. The average Bonchev–Trinajstić information content (AvgIpc) is 3.34. The molecule has 1 aliphatic rings. The lowest BCUT2D eigenvalue weighted by Crippen LogP contribution is -2.61. The van der Waals surface area contributed by atoms with Gasteiger partial charge < -0.3 is 45.1 Å². The molecule has 0 aromatic carbocycles. The van der Waals surface area contributed by atoms with Crippen LogP contribution in [0.15, 0.2) is 97.2 Å². The van der Waals surface area contributed by atoms with Gasteiger partial charge in [0.05, 0.1) is 25.4 Å². The van der Waals surface area contributed by atoms with Crippen molar-refractivity contribution in [3.8, 4) is 0 Å². The molecule has 1 aliphatic heterocycles. The van der Waals surface area contributed by atoms with E-state index in [0.717, 1.165) is 57.8 Å². The van der Waals surface area contributed by atoms with Crippen molar-refractivity contribution in [1.82, 2.24) is 5.32 Å². The molecule has 0 spiro atoms. The van der Waals surface area contributed by atoms with E-state index >= 15 is 0 Å². The minimum absolute atomic E-state index is 0.00715. The number of aliphatic hydroxyl groups excluding tert-OH is 5. The molecule has 1 amide bonds. The Morgan fingerprint density at radius 3 is 1.68 bits per heavy atom. The molecule has 0 radical (unpaired) electrons. The summed E-state index contributed by atoms with van der Waals surface area (Å²) < 4.78 is 17.4. The first-order valence-electron chi connectivity index (χ1n) is 27.1. The van der Waals surface area contributed by atoms with E-state index < -0.39 is 67.4 Å². The Morgan fingerprint density at radius 1 is 0.594 bits per heavy atom. The number of nitrogens with one attached hydrogen (secondary N) is 1. The molecule has 394 valence electrons. The van der Waals surface area contributed by atoms with Crippen LogP contribution in [0.1, 0.15) is 194 Å². The quantitative estimate of drug-likeness (QED) is 0.0149. The molecule has 6 N–H and O–H groups in total. The summed E-state index contributed by atoms with van der Waals surface area (Å²) in [5, 5.41) is 56.6. The van der Waals surface area contributed by atoms with Crippen LogP contribution in [0.3, 0.4) is 0 Å². The molecule has 1 fully saturated rings. The summed E-state index contributed by atoms with van der Waals surface area (Å²) in [5.74, 6) is -1.32. The van der Waals surface area contributed by atoms with Crippen LogP contribution in [-0.4, -0.2) is 99.6 Å². The predicted molar refractivity (Wildman–Crippen MR) is 282 cm³/mol. The van der Waals surface area contributed by atoms with Gasteiger partial charge in [0, 0.05) is 6.42 Å². The lowest BCUT2D eigenvalue weighted by Gasteiger charge is -2.41. The van der Waals surface area contributed by atoms with Crippen LogP contribution in [0, 0.1) is 0 Å². The normalized spacial score (nSPS) is 20.6. The number of ether oxygens (including phenoxy) is 3. The molecule has 8 unspecified atom stereocenters. The number of esters is 1. The Kier molecular flexibility index (Phi) is 42.1. The van der Waals surface area contributed by atoms with Crippen LogP contribution in [0.5, 0.6) is 0 Å². The molecule has 1 saturated heterocycles. The number of hydrogen-bond donors (Lipinski definition) is 6. The van der Waals surface area contributed by atoms with Crippen LogP contribution in [0.2, 0.25) is 0 Å². The van der Waals surface area contributed by atoms with Crippen molar-refractivity contribution in [3.63, 3.8) is 0 Å². The van der Waals surface area contributed by atoms with Gasteiger partial charge in [0.2, 0.25) is 5.91 Å². The highest BCUT2D eigenvalue weighted by Crippen LogP contribution is 2.26. The average molecular weight is 968 g/mol. The van der Waals surface area contributed by atoms with Crippen molar-refractivity contribution in [2.24, 2.45) is 0 Å². The Morgan fingerprint density at radius 2 is 1.10 bits per heavy atom. The summed E-state index contributed by atoms with van der Waals surface area (Å²) in [6.45, 7) is 5.54. The molecule has 0 bridgehead atoms. The van der Waals surface area contributed by atoms with Crippen LogP contribution in [-0.2, 0) is 23.8 Å². The van der Waals surface area contributed by atoms with Crippen molar-refractivity contribution in [2.45, 2.75) is 243 Å². The van der Waals surface area contributed by atoms with Crippen LogP contribution < -0.4 is 5.32 Å². The summed E-state index contributed by atoms with van der Waals surface area (Å²) >= 11 is 0. The fourth-order valence-electron chi connectivity index (χ4n) is 7.78. The number of hydrogen-bond acceptors (Lipinski definition) is 10. The van der Waals surface area contributed by atoms with Crippen molar-refractivity contribution < 1.29 is 49.3 Å². The van der Waals surface area contributed by atoms with Gasteiger partial charge >= 0.3 is 5.97 Å². The van der Waals surface area contributed by atoms with Gasteiger partial charge in [-0.15, -0.1) is 0 Å². The second-order valence-corrected chi connectivity index (χ2v) is 18.3. The number of carbonyl (C=O) groups excluding carboxylic acids is 2. The second-order valence-electron chi connectivity index (χ2n) is 18.3. The van der Waals surface area contributed by atoms with E-state index in [2.05, 4.69) is 44.3 Å². The molecule has 0 aliphatic carbocycles. The topological polar surface area (TPSA) is 175 Å². The predicted octanol–water partition coefficient (Wildman–Crippen LogP) is 11.6. The zero-order chi connectivity index (χ0) is 50.4. The summed E-state index contributed by atoms with van der Waals surface area (Å²) in [7, 11) is 0. The van der Waals surface area contributed by atoms with Gasteiger partial charge in [-0.3, -0.25) is 9.59 Å². The van der Waals surface area contributed by atoms with E-state index in [1.807, 2.05) is 72.9 Å². The van der Waals surface area contributed by atoms with Crippen LogP contribution in [0.25, 0.3) is 0 Å². The summed E-state index contributed by atoms with van der Waals surface area (Å²) in [6.07, 6.45) is 49.0. The smallest absolute Gasteiger partial charge is 0.306 e. The molecule has 0 aromatic rings. The van der Waals surface area contributed by atoms with Gasteiger partial charge in [-0.25, -0.2) is 0 Å². The zero-order valence-electron chi connectivity index (χ0n) is 43.1. The number of aliphatic hydroxyl groups is 5. The van der Waals surface area contributed by atoms with Crippen molar-refractivity contribution in [1.29, 1.82) is 0 Å². The van der Waals surface area contributed by atoms with Gasteiger partial charge in [0.1, 0.15) is 24.4 Å². The third kappa shape index (κ3) is 34.5. The maximum absolute atomic E-state index is 13.3. The number of allylic oxidation sites excluding steroid dienone is 15. The number of carbonyl (C=O) groups is 2. The zero-order valence-corrected chi connectivity index (χ0v) is 43.1. The third-order valence-electron chi connectivity index (χ3n) is 12.1. The minimum Gasteiger partial charge on any atom is -0.454 e. The fraction of sp³-hybridized carbons (Fsp3) is 0.690. The molecule has 11 heteroatoms. The van der Waals surface area contributed by atoms with E-state index in [1.54, 1.807) is 6.08 Å². The second kappa shape index (κ2) is 45.7. The standard InChI is InChI=1S/C58H97NO10/c1-4-7-10-13-16-19-22-25-28-30-33-36-39-42-45-51(62)57(66)59-49(50(61)44-41-38-35-32-29-26-23-20-17-14-11-8-5-2)48-67-58-56(55(65)54(64)52(47-60)68-58)69-53(63)46-43-40-37-34-31-27-24-21-18-15-12-9-6-3/h7,10,13,16,19,22,25,27-28,30-31,33,37,40-41,44,49-52,54-56,58,60-62,64-65H,4-6,8-9,11-12,14-15,17-18,20-21,23-24,26,29,32,34-36,38-39,42-43,45-48H2,1-3H3,(H,59,66)/b10-7+,16-13+,22-19-,28-25-,31-27-,33-30+,40-37+,44-41+. The minimum atomic E-state index is -1.65. The van der Waals surface area contributed by atoms with E-state index in [4.69, 9.17) is 14.2 Å². The highest BCUT2D eigenvalue weighted by Gasteiger charge is 2.47. The number of amides is 1. The lowest BCUT2D eigenvalue weighted by atomic mass is 9.99. The number of unbranched alkanes of at least 4 members (excludes halogenated alkanes) is 19. The van der Waals surface area contributed by atoms with Crippen molar-refractivity contribution >= 4 is 11.9 Å². The summed E-state index contributed by atoms with van der Waals surface area (Å²) in [6, 6.07) is -1.06. The number of rotatable bonds is 43. The van der Waals surface area contributed by atoms with Crippen LogP contribution in [0.4, 0.5) is 0 Å². The SMILES string of the molecule is CC/C=C/C=C/C=C\C=C/C=C/CCCCC(O)C(=O)NC(COC1OC(CO)C(O)C(O)C1OC(=O)CC/C=C/C/C=C\CCCCCCCC)C(O)/C=C/CCCCCCCCCCCCC. The molecular weight excluding hydrogens is 871 g/mol. The molecule has 0 saturated carbocycles. The first kappa shape index (κ1) is 63.6. The largest absolute Gasteiger partial charge is 0.454 e. The lowest BCUT2D eigenvalue weighted by molar-refractivity contribution is -0.305. The molecule has 0 aromatic heterocycles. The summed E-state index contributed by atoms with van der Waals surface area (Å²) in [4.78, 5) is 26.3. The molecule has 69 heavy (non-hydrogen) atoms. The van der Waals surface area contributed by atoms with E-state index in [0.29, 0.717) is 12.8 Å². The maximum atomic E-state index is 13.3. The van der Waals surface area contributed by atoms with E-state index in [1.165, 1.54) is 89.9 Å². The van der Waals surface area contributed by atoms with Crippen LogP contribution >= 0.6 is 0 Å². The third-order valence-corrected chi connectivity index (χ3v) is 12.1. The highest BCUT2D eigenvalue weighted by atomic mass is 16.7. The van der Waals surface area contributed by atoms with Crippen molar-refractivity contribution in [2.75, 3.05) is 13.2 Å². The Bertz CT molecular complexity index is 1480. The van der Waals surface area contributed by atoms with E-state index in [-0.39, 0.29) is 19.4 Å². The van der Waals surface area contributed by atoms with Gasteiger partial charge in [0.25, 0.3) is 0 Å². The highest BCUT2D eigenvalue weighted by molar-refractivity contribution is 5.80. The van der Waals surface area contributed by atoms with E-state index in [9.17, 15) is 35.1 Å². The molecule has 1 heterocycles. The Hall–Kier alpha value is -3.42.